The van der Waals surface area contributed by atoms with E-state index in [-0.39, 0.29) is 24.8 Å². The van der Waals surface area contributed by atoms with Gasteiger partial charge in [-0.3, -0.25) is 9.59 Å². The van der Waals surface area contributed by atoms with E-state index in [0.717, 1.165) is 104 Å². The van der Waals surface area contributed by atoms with E-state index in [1.54, 1.807) is 0 Å². The van der Waals surface area contributed by atoms with Crippen molar-refractivity contribution in [2.24, 2.45) is 0 Å². The molecule has 11 heteroatoms. The summed E-state index contributed by atoms with van der Waals surface area (Å²) in [5.74, 6) is 0.318. The number of halogens is 1. The normalized spacial score (nSPS) is 17.1. The summed E-state index contributed by atoms with van der Waals surface area (Å²) in [7, 11) is 0. The second-order valence-corrected chi connectivity index (χ2v) is 19.0. The number of hydrogen-bond donors (Lipinski definition) is 3. The summed E-state index contributed by atoms with van der Waals surface area (Å²) >= 11 is 3.47. The lowest BCUT2D eigenvalue weighted by atomic mass is 9.73. The number of anilines is 2. The second-order valence-electron chi connectivity index (χ2n) is 18.2. The number of alkyl halides is 1. The smallest absolute Gasteiger partial charge is 0.247 e. The highest BCUT2D eigenvalue weighted by Gasteiger charge is 2.51. The monoisotopic (exact) mass is 996 g/mol. The molecule has 360 valence electrons. The van der Waals surface area contributed by atoms with Gasteiger partial charge in [-0.25, -0.2) is 0 Å². The van der Waals surface area contributed by atoms with Crippen LogP contribution >= 0.6 is 15.9 Å². The van der Waals surface area contributed by atoms with Crippen molar-refractivity contribution in [3.8, 4) is 12.1 Å². The van der Waals surface area contributed by atoms with Crippen LogP contribution in [0, 0.1) is 22.7 Å². The largest absolute Gasteiger partial charge is 0.339 e. The van der Waals surface area contributed by atoms with Crippen LogP contribution in [-0.2, 0) is 20.4 Å². The third kappa shape index (κ3) is 10.5. The Morgan fingerprint density at radius 3 is 1.17 bits per heavy atom. The molecule has 4 heterocycles. The number of likely N-dealkylation sites (tertiary alicyclic amines) is 1. The van der Waals surface area contributed by atoms with Crippen LogP contribution in [0.2, 0.25) is 0 Å². The Labute approximate surface area is 423 Å². The van der Waals surface area contributed by atoms with Crippen LogP contribution in [0.5, 0.6) is 0 Å². The van der Waals surface area contributed by atoms with Crippen LogP contribution in [0.3, 0.4) is 0 Å². The van der Waals surface area contributed by atoms with Gasteiger partial charge in [0, 0.05) is 36.3 Å². The first-order valence-corrected chi connectivity index (χ1v) is 25.2. The second kappa shape index (κ2) is 23.7. The highest BCUT2D eigenvalue weighted by molar-refractivity contribution is 9.09. The van der Waals surface area contributed by atoms with Crippen molar-refractivity contribution in [1.29, 1.82) is 10.5 Å². The van der Waals surface area contributed by atoms with Crippen LogP contribution in [0.4, 0.5) is 11.4 Å². The van der Waals surface area contributed by atoms with Gasteiger partial charge in [0.25, 0.3) is 0 Å². The summed E-state index contributed by atoms with van der Waals surface area (Å²) in [4.78, 5) is 32.0. The molecule has 10 nitrogen and oxygen atoms in total. The van der Waals surface area contributed by atoms with Crippen LogP contribution in [-0.4, -0.2) is 79.2 Å². The van der Waals surface area contributed by atoms with Gasteiger partial charge in [-0.05, 0) is 98.1 Å². The van der Waals surface area contributed by atoms with Crippen LogP contribution in [0.25, 0.3) is 0 Å². The first-order valence-electron chi connectivity index (χ1n) is 24.1. The molecule has 10 rings (SSSR count). The number of nitriles is 2. The minimum atomic E-state index is -0.696. The molecule has 2 spiro atoms. The number of nitrogens with zero attached hydrogens (tertiary/aromatic N) is 5. The number of benzene rings is 6. The molecule has 4 aliphatic rings. The standard InChI is InChI=1S/C29H30N4O.C16H14BrN.C13H17N3O.CH4/c30-22-28(24-10-4-1-5-11-24,25-12-6-2-7-13-25)16-19-32-20-17-29(18-21-32)27(34)31-23-33(29)26-14-8-3-9-15-26;17-12-11-16(13-18,14-7-3-1-4-8-14)15-9-5-2-6-10-15;17-12-13(6-8-14-9-7-13)16(10-15-12)11-4-2-1-3-5-11;/h1-15H,16-21,23H2,(H,31,34);1-10H,11-12H2;1-5,14H,6-10H2,(H,15,17);1H4. The van der Waals surface area contributed by atoms with Crippen LogP contribution < -0.4 is 25.8 Å². The van der Waals surface area contributed by atoms with Crippen molar-refractivity contribution >= 4 is 39.1 Å². The molecule has 4 fully saturated rings. The Bertz CT molecular complexity index is 2570. The van der Waals surface area contributed by atoms with Crippen molar-refractivity contribution in [1.82, 2.24) is 20.9 Å². The molecular formula is C59H65BrN8O2. The van der Waals surface area contributed by atoms with Gasteiger partial charge in [0.2, 0.25) is 11.8 Å². The minimum Gasteiger partial charge on any atom is -0.339 e. The summed E-state index contributed by atoms with van der Waals surface area (Å²) < 4.78 is 0. The van der Waals surface area contributed by atoms with Crippen molar-refractivity contribution in [3.63, 3.8) is 0 Å². The van der Waals surface area contributed by atoms with Gasteiger partial charge in [0.15, 0.2) is 0 Å². The number of para-hydroxylation sites is 2. The molecule has 3 N–H and O–H groups in total. The third-order valence-electron chi connectivity index (χ3n) is 14.6. The van der Waals surface area contributed by atoms with E-state index in [4.69, 9.17) is 0 Å². The van der Waals surface area contributed by atoms with Crippen molar-refractivity contribution in [2.75, 3.05) is 61.2 Å². The van der Waals surface area contributed by atoms with Gasteiger partial charge < -0.3 is 30.7 Å². The maximum atomic E-state index is 13.0. The molecule has 0 aliphatic carbocycles. The minimum absolute atomic E-state index is 0. The number of amides is 2. The highest BCUT2D eigenvalue weighted by Crippen LogP contribution is 2.40. The lowest BCUT2D eigenvalue weighted by Gasteiger charge is -2.44. The van der Waals surface area contributed by atoms with Crippen molar-refractivity contribution in [2.45, 2.75) is 67.9 Å². The van der Waals surface area contributed by atoms with Crippen molar-refractivity contribution < 1.29 is 9.59 Å². The molecule has 6 aromatic carbocycles. The molecule has 0 aromatic heterocycles. The average Bonchev–Trinajstić information content (AvgIpc) is 3.91. The summed E-state index contributed by atoms with van der Waals surface area (Å²) in [6, 6.07) is 65.8. The van der Waals surface area contributed by atoms with Crippen LogP contribution in [0.15, 0.2) is 182 Å². The first-order chi connectivity index (χ1) is 33.8. The topological polar surface area (TPSA) is 128 Å². The molecule has 2 amide bonds. The predicted octanol–water partition coefficient (Wildman–Crippen LogP) is 9.93. The lowest BCUT2D eigenvalue weighted by Crippen LogP contribution is -2.56. The molecule has 70 heavy (non-hydrogen) atoms. The molecule has 4 saturated heterocycles. The van der Waals surface area contributed by atoms with Gasteiger partial charge >= 0.3 is 0 Å². The molecule has 0 radical (unpaired) electrons. The van der Waals surface area contributed by atoms with E-state index in [1.165, 1.54) is 0 Å². The van der Waals surface area contributed by atoms with Gasteiger partial charge in [0.05, 0.1) is 25.5 Å². The van der Waals surface area contributed by atoms with E-state index in [2.05, 4.69) is 107 Å². The molecule has 4 aliphatic heterocycles. The predicted molar refractivity (Wildman–Crippen MR) is 285 cm³/mol. The fourth-order valence-corrected chi connectivity index (χ4v) is 11.3. The van der Waals surface area contributed by atoms with E-state index < -0.39 is 16.4 Å². The fraction of sp³-hybridized carbons (Fsp3) is 0.322. The Morgan fingerprint density at radius 1 is 0.500 bits per heavy atom. The summed E-state index contributed by atoms with van der Waals surface area (Å²) in [6.45, 7) is 5.49. The molecular weight excluding hydrogens is 933 g/mol. The average molecular weight is 998 g/mol. The number of carbonyl (C=O) groups excluding carboxylic acids is 2. The molecule has 0 saturated carbocycles. The quantitative estimate of drug-likeness (QED) is 0.110. The maximum absolute atomic E-state index is 13.0. The number of rotatable bonds is 11. The lowest BCUT2D eigenvalue weighted by molar-refractivity contribution is -0.125. The molecule has 0 atom stereocenters. The number of nitrogens with one attached hydrogen (secondary N) is 3. The molecule has 0 unspecified atom stereocenters. The van der Waals surface area contributed by atoms with Crippen molar-refractivity contribution in [3.05, 3.63) is 204 Å². The van der Waals surface area contributed by atoms with E-state index in [1.807, 2.05) is 133 Å². The number of carbonyl (C=O) groups is 2. The summed E-state index contributed by atoms with van der Waals surface area (Å²) in [5, 5.41) is 30.4. The first kappa shape index (κ1) is 51.1. The Morgan fingerprint density at radius 2 is 0.829 bits per heavy atom. The number of piperidine rings is 2. The highest BCUT2D eigenvalue weighted by atomic mass is 79.9. The molecule has 0 bridgehead atoms. The Balaban J connectivity index is 0.000000169. The SMILES string of the molecule is C.N#CC(CCBr)(c1ccccc1)c1ccccc1.N#CC(CCN1CCC2(CC1)C(=O)NCN2c1ccccc1)(c1ccccc1)c1ccccc1.O=C1NCN(c2ccccc2)C12CCNCC2. The number of hydrogen-bond acceptors (Lipinski definition) is 8. The zero-order valence-corrected chi connectivity index (χ0v) is 40.7. The van der Waals surface area contributed by atoms with E-state index >= 15 is 0 Å². The Kier molecular flexibility index (Phi) is 17.3. The van der Waals surface area contributed by atoms with Gasteiger partial charge in [-0.15, -0.1) is 0 Å². The van der Waals surface area contributed by atoms with Gasteiger partial charge in [0.1, 0.15) is 21.9 Å². The molecule has 6 aromatic rings. The van der Waals surface area contributed by atoms with E-state index in [9.17, 15) is 20.1 Å². The fourth-order valence-electron chi connectivity index (χ4n) is 10.7. The third-order valence-corrected chi connectivity index (χ3v) is 15.0. The van der Waals surface area contributed by atoms with Crippen LogP contribution in [0.1, 0.15) is 68.2 Å². The van der Waals surface area contributed by atoms with E-state index in [0.29, 0.717) is 19.8 Å². The zero-order valence-electron chi connectivity index (χ0n) is 39.2. The van der Waals surface area contributed by atoms with Gasteiger partial charge in [-0.2, -0.15) is 10.5 Å². The Hall–Kier alpha value is -6.76. The van der Waals surface area contributed by atoms with Gasteiger partial charge in [-0.1, -0.05) is 181 Å². The summed E-state index contributed by atoms with van der Waals surface area (Å²) in [6.07, 6.45) is 4.80. The zero-order chi connectivity index (χ0) is 48.0. The summed E-state index contributed by atoms with van der Waals surface area (Å²) in [5.41, 5.74) is 4.32. The maximum Gasteiger partial charge on any atom is 0.247 e.